The third-order valence-electron chi connectivity index (χ3n) is 2.57. The largest absolute Gasteiger partial charge is 0.481 e. The molecule has 3 nitrogen and oxygen atoms in total. The van der Waals surface area contributed by atoms with Gasteiger partial charge in [-0.05, 0) is 36.6 Å². The number of carbonyl (C=O) groups is 1. The van der Waals surface area contributed by atoms with E-state index in [-0.39, 0.29) is 18.2 Å². The lowest BCUT2D eigenvalue weighted by atomic mass is 10.1. The van der Waals surface area contributed by atoms with Gasteiger partial charge in [0.15, 0.2) is 0 Å². The van der Waals surface area contributed by atoms with Crippen molar-refractivity contribution in [1.29, 1.82) is 0 Å². The molecule has 17 heavy (non-hydrogen) atoms. The van der Waals surface area contributed by atoms with Crippen molar-refractivity contribution in [2.45, 2.75) is 26.8 Å². The highest BCUT2D eigenvalue weighted by atomic mass is 19.1. The van der Waals surface area contributed by atoms with E-state index in [1.165, 1.54) is 6.07 Å². The second-order valence-electron chi connectivity index (χ2n) is 4.42. The zero-order valence-electron chi connectivity index (χ0n) is 10.2. The van der Waals surface area contributed by atoms with Crippen molar-refractivity contribution < 1.29 is 14.3 Å². The number of aliphatic carboxylic acids is 1. The van der Waals surface area contributed by atoms with E-state index < -0.39 is 5.97 Å². The smallest absolute Gasteiger partial charge is 0.303 e. The zero-order chi connectivity index (χ0) is 12.8. The van der Waals surface area contributed by atoms with Crippen molar-refractivity contribution in [2.75, 3.05) is 6.54 Å². The summed E-state index contributed by atoms with van der Waals surface area (Å²) in [6, 6.07) is 4.98. The van der Waals surface area contributed by atoms with Crippen LogP contribution in [-0.2, 0) is 11.3 Å². The number of carboxylic acid groups (broad SMARTS) is 1. The molecule has 0 bridgehead atoms. The van der Waals surface area contributed by atoms with Gasteiger partial charge in [0.25, 0.3) is 0 Å². The Hall–Kier alpha value is -1.42. The predicted octanol–water partition coefficient (Wildman–Crippen LogP) is 2.33. The Morgan fingerprint density at radius 1 is 1.53 bits per heavy atom. The topological polar surface area (TPSA) is 49.3 Å². The summed E-state index contributed by atoms with van der Waals surface area (Å²) in [5.41, 5.74) is 1.63. The van der Waals surface area contributed by atoms with Gasteiger partial charge in [0.2, 0.25) is 0 Å². The van der Waals surface area contributed by atoms with Gasteiger partial charge in [-0.25, -0.2) is 4.39 Å². The molecule has 0 radical (unpaired) electrons. The molecule has 0 aromatic heterocycles. The van der Waals surface area contributed by atoms with Crippen molar-refractivity contribution in [3.8, 4) is 0 Å². The monoisotopic (exact) mass is 239 g/mol. The average Bonchev–Trinajstić information content (AvgIpc) is 2.22. The van der Waals surface area contributed by atoms with Crippen LogP contribution in [0.15, 0.2) is 18.2 Å². The van der Waals surface area contributed by atoms with Crippen molar-refractivity contribution >= 4 is 5.97 Å². The van der Waals surface area contributed by atoms with Gasteiger partial charge < -0.3 is 10.4 Å². The summed E-state index contributed by atoms with van der Waals surface area (Å²) in [5, 5.41) is 11.8. The van der Waals surface area contributed by atoms with E-state index in [1.807, 2.05) is 6.92 Å². The van der Waals surface area contributed by atoms with Gasteiger partial charge in [-0.15, -0.1) is 0 Å². The lowest BCUT2D eigenvalue weighted by Gasteiger charge is -2.10. The summed E-state index contributed by atoms with van der Waals surface area (Å²) in [6.45, 7) is 4.89. The standard InChI is InChI=1S/C13H18FNO2/c1-9(5-13(16)17)7-15-8-11-3-4-12(14)10(2)6-11/h3-4,6,9,15H,5,7-8H2,1-2H3,(H,16,17). The second kappa shape index (κ2) is 6.35. The van der Waals surface area contributed by atoms with E-state index in [0.29, 0.717) is 18.7 Å². The fraction of sp³-hybridized carbons (Fsp3) is 0.462. The highest BCUT2D eigenvalue weighted by Gasteiger charge is 2.07. The molecule has 1 unspecified atom stereocenters. The maximum atomic E-state index is 13.0. The number of carboxylic acids is 1. The van der Waals surface area contributed by atoms with Crippen LogP contribution in [0, 0.1) is 18.7 Å². The molecule has 0 saturated heterocycles. The molecule has 0 aliphatic carbocycles. The number of halogens is 1. The molecule has 1 rings (SSSR count). The van der Waals surface area contributed by atoms with Crippen LogP contribution in [-0.4, -0.2) is 17.6 Å². The van der Waals surface area contributed by atoms with Crippen LogP contribution in [0.1, 0.15) is 24.5 Å². The molecule has 4 heteroatoms. The minimum atomic E-state index is -0.781. The number of nitrogens with one attached hydrogen (secondary N) is 1. The summed E-state index contributed by atoms with van der Waals surface area (Å²) >= 11 is 0. The maximum Gasteiger partial charge on any atom is 0.303 e. The molecule has 1 atom stereocenters. The van der Waals surface area contributed by atoms with Crippen LogP contribution in [0.4, 0.5) is 4.39 Å². The molecule has 0 aliphatic heterocycles. The Kier molecular flexibility index (Phi) is 5.10. The first kappa shape index (κ1) is 13.6. The van der Waals surface area contributed by atoms with Crippen LogP contribution in [0.5, 0.6) is 0 Å². The molecule has 0 aliphatic rings. The first-order valence-corrected chi connectivity index (χ1v) is 5.66. The van der Waals surface area contributed by atoms with E-state index in [2.05, 4.69) is 5.32 Å². The van der Waals surface area contributed by atoms with Gasteiger partial charge >= 0.3 is 5.97 Å². The molecule has 0 heterocycles. The summed E-state index contributed by atoms with van der Waals surface area (Å²) in [7, 11) is 0. The van der Waals surface area contributed by atoms with Crippen LogP contribution < -0.4 is 5.32 Å². The zero-order valence-corrected chi connectivity index (χ0v) is 10.2. The van der Waals surface area contributed by atoms with E-state index in [1.54, 1.807) is 19.1 Å². The Labute approximate surface area is 101 Å². The molecule has 0 spiro atoms. The number of aryl methyl sites for hydroxylation is 1. The maximum absolute atomic E-state index is 13.0. The SMILES string of the molecule is Cc1cc(CNCC(C)CC(=O)O)ccc1F. The Morgan fingerprint density at radius 2 is 2.24 bits per heavy atom. The van der Waals surface area contributed by atoms with E-state index in [4.69, 9.17) is 5.11 Å². The fourth-order valence-corrected chi connectivity index (χ4v) is 1.65. The number of hydrogen-bond donors (Lipinski definition) is 2. The second-order valence-corrected chi connectivity index (χ2v) is 4.42. The van der Waals surface area contributed by atoms with Crippen LogP contribution in [0.3, 0.4) is 0 Å². The number of hydrogen-bond acceptors (Lipinski definition) is 2. The van der Waals surface area contributed by atoms with Gasteiger partial charge in [-0.3, -0.25) is 4.79 Å². The normalized spacial score (nSPS) is 12.4. The minimum absolute atomic E-state index is 0.0917. The van der Waals surface area contributed by atoms with Gasteiger partial charge in [-0.2, -0.15) is 0 Å². The molecular formula is C13H18FNO2. The first-order valence-electron chi connectivity index (χ1n) is 5.66. The minimum Gasteiger partial charge on any atom is -0.481 e. The highest BCUT2D eigenvalue weighted by molar-refractivity contribution is 5.66. The van der Waals surface area contributed by atoms with Gasteiger partial charge in [0.1, 0.15) is 5.82 Å². The van der Waals surface area contributed by atoms with Crippen LogP contribution >= 0.6 is 0 Å². The van der Waals surface area contributed by atoms with E-state index in [0.717, 1.165) is 5.56 Å². The van der Waals surface area contributed by atoms with Crippen LogP contribution in [0.25, 0.3) is 0 Å². The molecule has 94 valence electrons. The fourth-order valence-electron chi connectivity index (χ4n) is 1.65. The van der Waals surface area contributed by atoms with Crippen molar-refractivity contribution in [2.24, 2.45) is 5.92 Å². The van der Waals surface area contributed by atoms with Crippen LogP contribution in [0.2, 0.25) is 0 Å². The molecular weight excluding hydrogens is 221 g/mol. The quantitative estimate of drug-likeness (QED) is 0.801. The molecule has 1 aromatic carbocycles. The van der Waals surface area contributed by atoms with E-state index >= 15 is 0 Å². The van der Waals surface area contributed by atoms with Gasteiger partial charge in [0.05, 0.1) is 0 Å². The lowest BCUT2D eigenvalue weighted by Crippen LogP contribution is -2.22. The third kappa shape index (κ3) is 4.95. The lowest BCUT2D eigenvalue weighted by molar-refractivity contribution is -0.137. The average molecular weight is 239 g/mol. The summed E-state index contributed by atoms with van der Waals surface area (Å²) in [4.78, 5) is 10.5. The molecule has 2 N–H and O–H groups in total. The van der Waals surface area contributed by atoms with E-state index in [9.17, 15) is 9.18 Å². The van der Waals surface area contributed by atoms with Crippen molar-refractivity contribution in [1.82, 2.24) is 5.32 Å². The Bertz CT molecular complexity index is 393. The third-order valence-corrected chi connectivity index (χ3v) is 2.57. The van der Waals surface area contributed by atoms with Crippen molar-refractivity contribution in [3.05, 3.63) is 35.1 Å². The Morgan fingerprint density at radius 3 is 2.82 bits per heavy atom. The molecule has 0 saturated carbocycles. The summed E-state index contributed by atoms with van der Waals surface area (Å²) in [6.07, 6.45) is 0.162. The van der Waals surface area contributed by atoms with Crippen molar-refractivity contribution in [3.63, 3.8) is 0 Å². The molecule has 0 amide bonds. The number of rotatable bonds is 6. The van der Waals surface area contributed by atoms with Gasteiger partial charge in [0, 0.05) is 13.0 Å². The van der Waals surface area contributed by atoms with Gasteiger partial charge in [-0.1, -0.05) is 19.1 Å². The highest BCUT2D eigenvalue weighted by Crippen LogP contribution is 2.09. The summed E-state index contributed by atoms with van der Waals surface area (Å²) in [5.74, 6) is -0.890. The summed E-state index contributed by atoms with van der Waals surface area (Å²) < 4.78 is 13.0. The molecule has 1 aromatic rings. The first-order chi connectivity index (χ1) is 7.99. The Balaban J connectivity index is 2.35. The molecule has 0 fully saturated rings. The number of benzene rings is 1. The predicted molar refractivity (Wildman–Crippen MR) is 64.3 cm³/mol.